The molecule has 12 heavy (non-hydrogen) atoms. The van der Waals surface area contributed by atoms with Gasteiger partial charge in [-0.1, -0.05) is 0 Å². The zero-order valence-electron chi connectivity index (χ0n) is 6.87. The first-order chi connectivity index (χ1) is 5.49. The molecule has 0 aliphatic rings. The maximum absolute atomic E-state index is 10.5. The lowest BCUT2D eigenvalue weighted by atomic mass is 10.0. The summed E-state index contributed by atoms with van der Waals surface area (Å²) < 4.78 is 0. The number of amides is 1. The quantitative estimate of drug-likeness (QED) is 0.610. The zero-order chi connectivity index (χ0) is 9.72. The van der Waals surface area contributed by atoms with Crippen LogP contribution in [0.4, 0.5) is 0 Å². The minimum atomic E-state index is -1.20. The van der Waals surface area contributed by atoms with Crippen molar-refractivity contribution in [2.24, 2.45) is 5.92 Å². The van der Waals surface area contributed by atoms with Gasteiger partial charge in [0.25, 0.3) is 0 Å². The van der Waals surface area contributed by atoms with Gasteiger partial charge in [-0.2, -0.15) is 5.26 Å². The Kier molecular flexibility index (Phi) is 3.77. The number of nitriles is 1. The molecule has 1 amide bonds. The summed E-state index contributed by atoms with van der Waals surface area (Å²) >= 11 is 0. The number of nitrogens with one attached hydrogen (secondary N) is 1. The molecule has 0 rings (SSSR count). The fourth-order valence-electron chi connectivity index (χ4n) is 0.694. The Hall–Kier alpha value is -1.57. The third-order valence-corrected chi connectivity index (χ3v) is 1.33. The van der Waals surface area contributed by atoms with Crippen LogP contribution in [-0.2, 0) is 9.59 Å². The van der Waals surface area contributed by atoms with E-state index in [1.54, 1.807) is 6.07 Å². The van der Waals surface area contributed by atoms with Crippen LogP contribution in [0.1, 0.15) is 13.8 Å². The number of carbonyl (C=O) groups is 2. The van der Waals surface area contributed by atoms with Crippen molar-refractivity contribution in [2.45, 2.75) is 19.9 Å². The van der Waals surface area contributed by atoms with Crippen molar-refractivity contribution in [3.05, 3.63) is 0 Å². The van der Waals surface area contributed by atoms with Gasteiger partial charge in [0.2, 0.25) is 5.91 Å². The van der Waals surface area contributed by atoms with Gasteiger partial charge in [-0.05, 0) is 6.92 Å². The summed E-state index contributed by atoms with van der Waals surface area (Å²) in [7, 11) is 0. The Labute approximate surface area is 70.0 Å². The van der Waals surface area contributed by atoms with Crippen LogP contribution in [0.25, 0.3) is 0 Å². The van der Waals surface area contributed by atoms with Crippen molar-refractivity contribution < 1.29 is 14.7 Å². The van der Waals surface area contributed by atoms with Gasteiger partial charge in [0.05, 0.1) is 12.0 Å². The highest BCUT2D eigenvalue weighted by Gasteiger charge is 2.24. The largest absolute Gasteiger partial charge is 0.480 e. The first-order valence-electron chi connectivity index (χ1n) is 3.38. The molecule has 0 radical (unpaired) electrons. The Bertz CT molecular complexity index is 231. The average Bonchev–Trinajstić information content (AvgIpc) is 1.98. The predicted octanol–water partition coefficient (Wildman–Crippen LogP) is -0.265. The number of hydrogen-bond donors (Lipinski definition) is 2. The van der Waals surface area contributed by atoms with E-state index in [4.69, 9.17) is 10.4 Å². The highest BCUT2D eigenvalue weighted by molar-refractivity contribution is 5.82. The molecule has 0 aliphatic heterocycles. The highest BCUT2D eigenvalue weighted by Crippen LogP contribution is 2.00. The smallest absolute Gasteiger partial charge is 0.327 e. The van der Waals surface area contributed by atoms with Gasteiger partial charge in [0.15, 0.2) is 0 Å². The summed E-state index contributed by atoms with van der Waals surface area (Å²) in [5, 5.41) is 19.1. The minimum Gasteiger partial charge on any atom is -0.480 e. The van der Waals surface area contributed by atoms with Crippen LogP contribution in [-0.4, -0.2) is 23.0 Å². The standard InChI is InChI=1S/C7H10N2O3/c1-4(3-8)6(7(11)12)9-5(2)10/h4,6H,1-2H3,(H,9,10)(H,11,12). The van der Waals surface area contributed by atoms with Crippen molar-refractivity contribution in [1.82, 2.24) is 5.32 Å². The Balaban J connectivity index is 4.36. The predicted molar refractivity (Wildman–Crippen MR) is 40.0 cm³/mol. The van der Waals surface area contributed by atoms with Crippen molar-refractivity contribution in [3.63, 3.8) is 0 Å². The second-order valence-electron chi connectivity index (χ2n) is 2.43. The van der Waals surface area contributed by atoms with Crippen LogP contribution >= 0.6 is 0 Å². The summed E-state index contributed by atoms with van der Waals surface area (Å²) in [6, 6.07) is 0.638. The normalized spacial score (nSPS) is 14.1. The van der Waals surface area contributed by atoms with E-state index in [1.807, 2.05) is 0 Å². The number of carboxylic acid groups (broad SMARTS) is 1. The second-order valence-corrected chi connectivity index (χ2v) is 2.43. The van der Waals surface area contributed by atoms with E-state index in [2.05, 4.69) is 5.32 Å². The van der Waals surface area contributed by atoms with Crippen LogP contribution in [0.15, 0.2) is 0 Å². The molecule has 2 atom stereocenters. The highest BCUT2D eigenvalue weighted by atomic mass is 16.4. The van der Waals surface area contributed by atoms with Crippen LogP contribution in [0.5, 0.6) is 0 Å². The number of rotatable bonds is 3. The van der Waals surface area contributed by atoms with Crippen LogP contribution in [0.2, 0.25) is 0 Å². The van der Waals surface area contributed by atoms with Gasteiger partial charge in [0.1, 0.15) is 6.04 Å². The summed E-state index contributed by atoms with van der Waals surface area (Å²) in [6.07, 6.45) is 0. The van der Waals surface area contributed by atoms with E-state index in [0.717, 1.165) is 0 Å². The monoisotopic (exact) mass is 170 g/mol. The summed E-state index contributed by atoms with van der Waals surface area (Å²) in [4.78, 5) is 21.0. The zero-order valence-corrected chi connectivity index (χ0v) is 6.87. The van der Waals surface area contributed by atoms with Crippen molar-refractivity contribution in [3.8, 4) is 6.07 Å². The van der Waals surface area contributed by atoms with E-state index >= 15 is 0 Å². The van der Waals surface area contributed by atoms with Gasteiger partial charge in [-0.25, -0.2) is 4.79 Å². The van der Waals surface area contributed by atoms with Crippen LogP contribution < -0.4 is 5.32 Å². The molecule has 0 aromatic carbocycles. The van der Waals surface area contributed by atoms with Gasteiger partial charge < -0.3 is 10.4 Å². The van der Waals surface area contributed by atoms with Gasteiger partial charge in [-0.3, -0.25) is 4.79 Å². The van der Waals surface area contributed by atoms with E-state index in [-0.39, 0.29) is 0 Å². The molecule has 0 aliphatic carbocycles. The number of carbonyl (C=O) groups excluding carboxylic acids is 1. The summed E-state index contributed by atoms with van der Waals surface area (Å²) in [5.41, 5.74) is 0. The SMILES string of the molecule is CC(=O)NC(C(=O)O)C(C)C#N. The molecule has 0 bridgehead atoms. The number of hydrogen-bond acceptors (Lipinski definition) is 3. The Morgan fingerprint density at radius 3 is 2.33 bits per heavy atom. The fraction of sp³-hybridized carbons (Fsp3) is 0.571. The van der Waals surface area contributed by atoms with Crippen LogP contribution in [0, 0.1) is 17.2 Å². The molecule has 0 saturated heterocycles. The lowest BCUT2D eigenvalue weighted by molar-refractivity contribution is -0.142. The van der Waals surface area contributed by atoms with E-state index in [9.17, 15) is 9.59 Å². The van der Waals surface area contributed by atoms with Crippen molar-refractivity contribution in [2.75, 3.05) is 0 Å². The second kappa shape index (κ2) is 4.34. The van der Waals surface area contributed by atoms with Crippen molar-refractivity contribution >= 4 is 11.9 Å². The molecule has 0 fully saturated rings. The van der Waals surface area contributed by atoms with Gasteiger partial charge in [0, 0.05) is 6.92 Å². The maximum atomic E-state index is 10.5. The molecule has 0 aromatic rings. The third-order valence-electron chi connectivity index (χ3n) is 1.33. The Morgan fingerprint density at radius 1 is 1.58 bits per heavy atom. The lowest BCUT2D eigenvalue weighted by Crippen LogP contribution is -2.43. The molecule has 0 aromatic heterocycles. The first kappa shape index (κ1) is 10.4. The number of nitrogens with zero attached hydrogens (tertiary/aromatic N) is 1. The molecule has 2 N–H and O–H groups in total. The molecule has 66 valence electrons. The molecule has 0 saturated carbocycles. The molecule has 0 heterocycles. The average molecular weight is 170 g/mol. The Morgan fingerprint density at radius 2 is 2.08 bits per heavy atom. The van der Waals surface area contributed by atoms with Gasteiger partial charge >= 0.3 is 5.97 Å². The maximum Gasteiger partial charge on any atom is 0.327 e. The lowest BCUT2D eigenvalue weighted by Gasteiger charge is -2.14. The molecule has 5 nitrogen and oxygen atoms in total. The molecule has 0 spiro atoms. The summed E-state index contributed by atoms with van der Waals surface area (Å²) in [6.45, 7) is 2.65. The molecule has 2 unspecified atom stereocenters. The van der Waals surface area contributed by atoms with Crippen LogP contribution in [0.3, 0.4) is 0 Å². The summed E-state index contributed by atoms with van der Waals surface area (Å²) in [5.74, 6) is -2.38. The fourth-order valence-corrected chi connectivity index (χ4v) is 0.694. The number of carboxylic acids is 1. The van der Waals surface area contributed by atoms with E-state index < -0.39 is 23.8 Å². The van der Waals surface area contributed by atoms with E-state index in [0.29, 0.717) is 0 Å². The van der Waals surface area contributed by atoms with E-state index in [1.165, 1.54) is 13.8 Å². The minimum absolute atomic E-state index is 0.454. The number of aliphatic carboxylic acids is 1. The first-order valence-corrected chi connectivity index (χ1v) is 3.38. The van der Waals surface area contributed by atoms with Gasteiger partial charge in [-0.15, -0.1) is 0 Å². The molecular formula is C7H10N2O3. The molecule has 5 heteroatoms. The third kappa shape index (κ3) is 3.01. The van der Waals surface area contributed by atoms with Crippen molar-refractivity contribution in [1.29, 1.82) is 5.26 Å². The molecular weight excluding hydrogens is 160 g/mol. The topological polar surface area (TPSA) is 90.2 Å².